The number of ether oxygens (including phenoxy) is 1. The second kappa shape index (κ2) is 7.77. The summed E-state index contributed by atoms with van der Waals surface area (Å²) in [6.07, 6.45) is -1.04. The minimum atomic E-state index is -4.35. The number of carbonyl (C=O) groups excluding carboxylic acids is 1. The van der Waals surface area contributed by atoms with Crippen LogP contribution in [0.2, 0.25) is 0 Å². The van der Waals surface area contributed by atoms with Gasteiger partial charge in [-0.3, -0.25) is 4.79 Å². The van der Waals surface area contributed by atoms with E-state index in [-0.39, 0.29) is 11.7 Å². The van der Waals surface area contributed by atoms with Crippen LogP contribution in [0.4, 0.5) is 18.9 Å². The molecule has 3 nitrogen and oxygen atoms in total. The van der Waals surface area contributed by atoms with Crippen molar-refractivity contribution in [3.05, 3.63) is 24.3 Å². The Morgan fingerprint density at radius 1 is 1.20 bits per heavy atom. The maximum absolute atomic E-state index is 12.0. The van der Waals surface area contributed by atoms with Crippen LogP contribution in [-0.2, 0) is 4.79 Å². The highest BCUT2D eigenvalue weighted by Crippen LogP contribution is 2.20. The molecule has 112 valence electrons. The minimum absolute atomic E-state index is 0.0950. The molecule has 1 aromatic rings. The number of amides is 1. The van der Waals surface area contributed by atoms with E-state index in [2.05, 4.69) is 17.0 Å². The lowest BCUT2D eigenvalue weighted by Gasteiger charge is -2.10. The van der Waals surface area contributed by atoms with Gasteiger partial charge in [-0.15, -0.1) is 0 Å². The fourth-order valence-electron chi connectivity index (χ4n) is 1.56. The molecule has 0 heterocycles. The number of hydrogen-bond donors (Lipinski definition) is 1. The largest absolute Gasteiger partial charge is 0.484 e. The second-order valence-electron chi connectivity index (χ2n) is 4.43. The normalized spacial score (nSPS) is 11.2. The molecule has 0 aliphatic heterocycles. The van der Waals surface area contributed by atoms with Gasteiger partial charge in [-0.25, -0.2) is 0 Å². The van der Waals surface area contributed by atoms with Gasteiger partial charge in [-0.2, -0.15) is 13.2 Å². The van der Waals surface area contributed by atoms with Crippen LogP contribution >= 0.6 is 0 Å². The van der Waals surface area contributed by atoms with Crippen LogP contribution in [0.3, 0.4) is 0 Å². The molecule has 0 saturated heterocycles. The first-order chi connectivity index (χ1) is 9.40. The fraction of sp³-hybridized carbons (Fsp3) is 0.500. The van der Waals surface area contributed by atoms with Gasteiger partial charge in [0.2, 0.25) is 5.91 Å². The summed E-state index contributed by atoms with van der Waals surface area (Å²) < 4.78 is 40.4. The maximum Gasteiger partial charge on any atom is 0.422 e. The van der Waals surface area contributed by atoms with Gasteiger partial charge < -0.3 is 10.1 Å². The maximum atomic E-state index is 12.0. The summed E-state index contributed by atoms with van der Waals surface area (Å²) >= 11 is 0. The molecule has 0 bridgehead atoms. The molecule has 20 heavy (non-hydrogen) atoms. The number of hydrogen-bond acceptors (Lipinski definition) is 2. The number of nitrogens with one attached hydrogen (secondary N) is 1. The minimum Gasteiger partial charge on any atom is -0.484 e. The van der Waals surface area contributed by atoms with E-state index < -0.39 is 12.8 Å². The van der Waals surface area contributed by atoms with E-state index in [1.54, 1.807) is 0 Å². The molecule has 1 rings (SSSR count). The second-order valence-corrected chi connectivity index (χ2v) is 4.43. The van der Waals surface area contributed by atoms with Crippen molar-refractivity contribution in [1.29, 1.82) is 0 Å². The lowest BCUT2D eigenvalue weighted by Crippen LogP contribution is -2.19. The monoisotopic (exact) mass is 289 g/mol. The van der Waals surface area contributed by atoms with Crippen LogP contribution in [0, 0.1) is 0 Å². The molecule has 0 aliphatic rings. The van der Waals surface area contributed by atoms with Gasteiger partial charge in [0.25, 0.3) is 0 Å². The smallest absolute Gasteiger partial charge is 0.422 e. The van der Waals surface area contributed by atoms with Crippen LogP contribution in [0.1, 0.15) is 32.6 Å². The zero-order valence-electron chi connectivity index (χ0n) is 11.3. The summed E-state index contributed by atoms with van der Waals surface area (Å²) in [4.78, 5) is 11.5. The lowest BCUT2D eigenvalue weighted by molar-refractivity contribution is -0.153. The van der Waals surface area contributed by atoms with E-state index in [1.165, 1.54) is 24.3 Å². The predicted molar refractivity (Wildman–Crippen MR) is 70.8 cm³/mol. The number of anilines is 1. The van der Waals surface area contributed by atoms with E-state index in [0.29, 0.717) is 12.1 Å². The highest BCUT2D eigenvalue weighted by atomic mass is 19.4. The van der Waals surface area contributed by atoms with Crippen molar-refractivity contribution in [2.24, 2.45) is 0 Å². The topological polar surface area (TPSA) is 38.3 Å². The van der Waals surface area contributed by atoms with Gasteiger partial charge in [-0.05, 0) is 30.7 Å². The molecule has 0 saturated carbocycles. The molecule has 1 aromatic carbocycles. The van der Waals surface area contributed by atoms with Crippen LogP contribution in [0.15, 0.2) is 24.3 Å². The Labute approximate surface area is 116 Å². The highest BCUT2D eigenvalue weighted by molar-refractivity contribution is 5.90. The number of unbranched alkanes of at least 4 members (excludes halogenated alkanes) is 2. The van der Waals surface area contributed by atoms with Crippen LogP contribution in [0.25, 0.3) is 0 Å². The summed E-state index contributed by atoms with van der Waals surface area (Å²) in [5.41, 5.74) is 0.547. The van der Waals surface area contributed by atoms with Gasteiger partial charge >= 0.3 is 6.18 Å². The standard InChI is InChI=1S/C14H18F3NO2/c1-2-3-4-5-13(19)18-11-6-8-12(9-7-11)20-10-14(15,16)17/h6-9H,2-5,10H2,1H3,(H,18,19). The quantitative estimate of drug-likeness (QED) is 0.766. The van der Waals surface area contributed by atoms with E-state index >= 15 is 0 Å². The molecular formula is C14H18F3NO2. The van der Waals surface area contributed by atoms with Crippen molar-refractivity contribution in [2.75, 3.05) is 11.9 Å². The highest BCUT2D eigenvalue weighted by Gasteiger charge is 2.28. The molecule has 0 atom stereocenters. The van der Waals surface area contributed by atoms with Crippen LogP contribution in [-0.4, -0.2) is 18.7 Å². The van der Waals surface area contributed by atoms with Crippen molar-refractivity contribution in [1.82, 2.24) is 0 Å². The predicted octanol–water partition coefficient (Wildman–Crippen LogP) is 4.15. The van der Waals surface area contributed by atoms with Gasteiger partial charge in [0, 0.05) is 12.1 Å². The molecule has 0 spiro atoms. The first-order valence-electron chi connectivity index (χ1n) is 6.50. The zero-order valence-corrected chi connectivity index (χ0v) is 11.3. The molecule has 0 radical (unpaired) electrons. The summed E-state index contributed by atoms with van der Waals surface area (Å²) in [6, 6.07) is 5.83. The first kappa shape index (κ1) is 16.3. The third kappa shape index (κ3) is 7.01. The van der Waals surface area contributed by atoms with E-state index in [4.69, 9.17) is 0 Å². The van der Waals surface area contributed by atoms with Gasteiger partial charge in [0.15, 0.2) is 6.61 Å². The number of alkyl halides is 3. The number of carbonyl (C=O) groups is 1. The zero-order chi connectivity index (χ0) is 15.0. The van der Waals surface area contributed by atoms with Crippen molar-refractivity contribution in [3.8, 4) is 5.75 Å². The van der Waals surface area contributed by atoms with E-state index in [9.17, 15) is 18.0 Å². The average Bonchev–Trinajstić information content (AvgIpc) is 2.37. The Balaban J connectivity index is 2.40. The lowest BCUT2D eigenvalue weighted by atomic mass is 10.2. The van der Waals surface area contributed by atoms with E-state index in [0.717, 1.165) is 19.3 Å². The summed E-state index contributed by atoms with van der Waals surface area (Å²) in [5.74, 6) is 0.0220. The molecule has 1 amide bonds. The van der Waals surface area contributed by atoms with Gasteiger partial charge in [0.1, 0.15) is 5.75 Å². The molecule has 0 unspecified atom stereocenters. The SMILES string of the molecule is CCCCCC(=O)Nc1ccc(OCC(F)(F)F)cc1. The van der Waals surface area contributed by atoms with Crippen LogP contribution < -0.4 is 10.1 Å². The van der Waals surface area contributed by atoms with Crippen molar-refractivity contribution >= 4 is 11.6 Å². The van der Waals surface area contributed by atoms with Crippen molar-refractivity contribution in [3.63, 3.8) is 0 Å². The molecular weight excluding hydrogens is 271 g/mol. The summed E-state index contributed by atoms with van der Waals surface area (Å²) in [5, 5.41) is 2.68. The van der Waals surface area contributed by atoms with Gasteiger partial charge in [-0.1, -0.05) is 19.8 Å². The van der Waals surface area contributed by atoms with Crippen molar-refractivity contribution < 1.29 is 22.7 Å². The van der Waals surface area contributed by atoms with E-state index in [1.807, 2.05) is 0 Å². The summed E-state index contributed by atoms with van der Waals surface area (Å²) in [6.45, 7) is 0.729. The fourth-order valence-corrected chi connectivity index (χ4v) is 1.56. The Kier molecular flexibility index (Phi) is 6.35. The average molecular weight is 289 g/mol. The first-order valence-corrected chi connectivity index (χ1v) is 6.50. The number of halogens is 3. The molecule has 1 N–H and O–H groups in total. The van der Waals surface area contributed by atoms with Crippen molar-refractivity contribution in [2.45, 2.75) is 38.8 Å². The third-order valence-corrected chi connectivity index (χ3v) is 2.55. The Hall–Kier alpha value is -1.72. The Bertz CT molecular complexity index is 415. The third-order valence-electron chi connectivity index (χ3n) is 2.55. The molecule has 0 aromatic heterocycles. The molecule has 0 fully saturated rings. The number of rotatable bonds is 7. The molecule has 6 heteroatoms. The van der Waals surface area contributed by atoms with Gasteiger partial charge in [0.05, 0.1) is 0 Å². The Morgan fingerprint density at radius 2 is 1.85 bits per heavy atom. The molecule has 0 aliphatic carbocycles. The summed E-state index contributed by atoms with van der Waals surface area (Å²) in [7, 11) is 0. The number of benzene rings is 1. The Morgan fingerprint density at radius 3 is 2.40 bits per heavy atom. The van der Waals surface area contributed by atoms with Crippen LogP contribution in [0.5, 0.6) is 5.75 Å².